The summed E-state index contributed by atoms with van der Waals surface area (Å²) in [6.07, 6.45) is 0. The number of amides is 1. The summed E-state index contributed by atoms with van der Waals surface area (Å²) in [6.45, 7) is 0. The van der Waals surface area contributed by atoms with E-state index in [1.165, 1.54) is 23.1 Å². The van der Waals surface area contributed by atoms with Crippen LogP contribution in [0, 0.1) is 0 Å². The predicted molar refractivity (Wildman–Crippen MR) is 136 cm³/mol. The molecule has 0 aliphatic heterocycles. The van der Waals surface area contributed by atoms with Gasteiger partial charge in [0.25, 0.3) is 5.56 Å². The molecule has 0 aliphatic carbocycles. The van der Waals surface area contributed by atoms with Crippen LogP contribution in [0.2, 0.25) is 0 Å². The smallest absolute Gasteiger partial charge is 0.268 e. The van der Waals surface area contributed by atoms with Gasteiger partial charge in [0.15, 0.2) is 5.16 Å². The number of nitrogens with zero attached hydrogens (tertiary/aromatic N) is 2. The zero-order valence-electron chi connectivity index (χ0n) is 17.5. The lowest BCUT2D eigenvalue weighted by atomic mass is 10.1. The Balaban J connectivity index is 1.55. The lowest BCUT2D eigenvalue weighted by Crippen LogP contribution is -2.22. The van der Waals surface area contributed by atoms with E-state index in [0.717, 1.165) is 16.8 Å². The number of aromatic nitrogens is 2. The Morgan fingerprint density at radius 2 is 1.55 bits per heavy atom. The lowest BCUT2D eigenvalue weighted by molar-refractivity contribution is -0.113. The number of benzene rings is 3. The third-order valence-electron chi connectivity index (χ3n) is 5.07. The Morgan fingerprint density at radius 3 is 2.24 bits per heavy atom. The summed E-state index contributed by atoms with van der Waals surface area (Å²) in [5.41, 5.74) is 3.16. The van der Waals surface area contributed by atoms with Gasteiger partial charge >= 0.3 is 0 Å². The van der Waals surface area contributed by atoms with Gasteiger partial charge in [0.1, 0.15) is 4.83 Å². The first-order valence-corrected chi connectivity index (χ1v) is 12.2. The molecule has 0 fully saturated rings. The SMILES string of the molecule is O=C(CSc1nc2scc(-c3ccccc3)c2c(=O)n1-c1ccccc1)Nc1ccccc1. The second kappa shape index (κ2) is 9.44. The van der Waals surface area contributed by atoms with Crippen LogP contribution in [-0.2, 0) is 4.79 Å². The minimum atomic E-state index is -0.156. The van der Waals surface area contributed by atoms with Crippen molar-refractivity contribution in [2.45, 2.75) is 5.16 Å². The van der Waals surface area contributed by atoms with Crippen LogP contribution in [0.3, 0.4) is 0 Å². The quantitative estimate of drug-likeness (QED) is 0.250. The van der Waals surface area contributed by atoms with Crippen molar-refractivity contribution < 1.29 is 4.79 Å². The van der Waals surface area contributed by atoms with E-state index < -0.39 is 0 Å². The Kier molecular flexibility index (Phi) is 6.06. The van der Waals surface area contributed by atoms with Gasteiger partial charge in [-0.25, -0.2) is 4.98 Å². The fourth-order valence-electron chi connectivity index (χ4n) is 3.55. The largest absolute Gasteiger partial charge is 0.325 e. The van der Waals surface area contributed by atoms with Crippen LogP contribution in [-0.4, -0.2) is 21.2 Å². The Morgan fingerprint density at radius 1 is 0.909 bits per heavy atom. The molecule has 33 heavy (non-hydrogen) atoms. The van der Waals surface area contributed by atoms with Gasteiger partial charge in [0.05, 0.1) is 16.8 Å². The molecular formula is C26H19N3O2S2. The zero-order chi connectivity index (χ0) is 22.6. The summed E-state index contributed by atoms with van der Waals surface area (Å²) in [7, 11) is 0. The van der Waals surface area contributed by atoms with Gasteiger partial charge in [0.2, 0.25) is 5.91 Å². The van der Waals surface area contributed by atoms with E-state index in [0.29, 0.717) is 21.1 Å². The van der Waals surface area contributed by atoms with Crippen LogP contribution < -0.4 is 10.9 Å². The van der Waals surface area contributed by atoms with Gasteiger partial charge in [0, 0.05) is 16.6 Å². The molecule has 7 heteroatoms. The molecule has 5 rings (SSSR count). The second-order valence-electron chi connectivity index (χ2n) is 7.27. The van der Waals surface area contributed by atoms with Gasteiger partial charge in [-0.15, -0.1) is 11.3 Å². The number of thioether (sulfide) groups is 1. The number of para-hydroxylation sites is 2. The van der Waals surface area contributed by atoms with Crippen molar-refractivity contribution in [2.75, 3.05) is 11.1 Å². The first-order chi connectivity index (χ1) is 16.2. The fourth-order valence-corrected chi connectivity index (χ4v) is 5.35. The topological polar surface area (TPSA) is 64.0 Å². The second-order valence-corrected chi connectivity index (χ2v) is 9.07. The average molecular weight is 470 g/mol. The molecular weight excluding hydrogens is 450 g/mol. The number of fused-ring (bicyclic) bond motifs is 1. The summed E-state index contributed by atoms with van der Waals surface area (Å²) >= 11 is 2.69. The number of nitrogens with one attached hydrogen (secondary N) is 1. The molecule has 0 saturated heterocycles. The molecule has 0 spiro atoms. The van der Waals surface area contributed by atoms with Crippen molar-refractivity contribution in [3.05, 3.63) is 107 Å². The molecule has 5 aromatic rings. The van der Waals surface area contributed by atoms with Gasteiger partial charge in [-0.3, -0.25) is 14.2 Å². The first-order valence-electron chi connectivity index (χ1n) is 10.3. The maximum atomic E-state index is 13.8. The Bertz CT molecular complexity index is 1460. The van der Waals surface area contributed by atoms with E-state index in [1.54, 1.807) is 4.57 Å². The van der Waals surface area contributed by atoms with E-state index in [-0.39, 0.29) is 17.2 Å². The highest BCUT2D eigenvalue weighted by molar-refractivity contribution is 7.99. The molecule has 0 radical (unpaired) electrons. The lowest BCUT2D eigenvalue weighted by Gasteiger charge is -2.12. The van der Waals surface area contributed by atoms with Gasteiger partial charge in [-0.1, -0.05) is 78.5 Å². The molecule has 0 atom stereocenters. The van der Waals surface area contributed by atoms with Crippen molar-refractivity contribution in [1.82, 2.24) is 9.55 Å². The van der Waals surface area contributed by atoms with Crippen LogP contribution in [0.1, 0.15) is 0 Å². The van der Waals surface area contributed by atoms with E-state index in [9.17, 15) is 9.59 Å². The van der Waals surface area contributed by atoms with Crippen molar-refractivity contribution in [1.29, 1.82) is 0 Å². The fraction of sp³-hybridized carbons (Fsp3) is 0.0385. The molecule has 2 heterocycles. The molecule has 0 saturated carbocycles. The summed E-state index contributed by atoms with van der Waals surface area (Å²) in [4.78, 5) is 31.7. The number of rotatable bonds is 6. The molecule has 0 aliphatic rings. The number of thiophene rings is 1. The maximum Gasteiger partial charge on any atom is 0.268 e. The monoisotopic (exact) mass is 469 g/mol. The Hall–Kier alpha value is -3.68. The number of hydrogen-bond acceptors (Lipinski definition) is 5. The molecule has 162 valence electrons. The summed E-state index contributed by atoms with van der Waals surface area (Å²) in [6, 6.07) is 28.6. The first kappa shape index (κ1) is 21.2. The number of anilines is 1. The molecule has 1 amide bonds. The van der Waals surface area contributed by atoms with E-state index in [1.807, 2.05) is 96.4 Å². The molecule has 3 aromatic carbocycles. The minimum Gasteiger partial charge on any atom is -0.325 e. The standard InChI is InChI=1S/C26H19N3O2S2/c30-22(27-19-12-6-2-7-13-19)17-33-26-28-24-23(21(16-32-24)18-10-4-1-5-11-18)25(31)29(26)20-14-8-3-9-15-20/h1-16H,17H2,(H,27,30). The maximum absolute atomic E-state index is 13.8. The summed E-state index contributed by atoms with van der Waals surface area (Å²) < 4.78 is 1.60. The summed E-state index contributed by atoms with van der Waals surface area (Å²) in [5, 5.41) is 5.93. The number of carbonyl (C=O) groups excluding carboxylic acids is 1. The van der Waals surface area contributed by atoms with Crippen LogP contribution >= 0.6 is 23.1 Å². The molecule has 0 bridgehead atoms. The zero-order valence-corrected chi connectivity index (χ0v) is 19.1. The molecule has 0 unspecified atom stereocenters. The minimum absolute atomic E-state index is 0.136. The van der Waals surface area contributed by atoms with Gasteiger partial charge in [-0.2, -0.15) is 0 Å². The van der Waals surface area contributed by atoms with E-state index in [4.69, 9.17) is 4.98 Å². The van der Waals surface area contributed by atoms with Crippen LogP contribution in [0.15, 0.2) is 106 Å². The van der Waals surface area contributed by atoms with Crippen molar-refractivity contribution >= 4 is 44.9 Å². The highest BCUT2D eigenvalue weighted by Crippen LogP contribution is 2.32. The van der Waals surface area contributed by atoms with Crippen LogP contribution in [0.4, 0.5) is 5.69 Å². The van der Waals surface area contributed by atoms with Gasteiger partial charge < -0.3 is 5.32 Å². The van der Waals surface area contributed by atoms with Crippen molar-refractivity contribution in [3.63, 3.8) is 0 Å². The van der Waals surface area contributed by atoms with Gasteiger partial charge in [-0.05, 0) is 29.8 Å². The Labute approximate surface area is 198 Å². The van der Waals surface area contributed by atoms with Crippen molar-refractivity contribution in [2.24, 2.45) is 0 Å². The summed E-state index contributed by atoms with van der Waals surface area (Å²) in [5.74, 6) is -0.0207. The van der Waals surface area contributed by atoms with Crippen molar-refractivity contribution in [3.8, 4) is 16.8 Å². The van der Waals surface area contributed by atoms with E-state index in [2.05, 4.69) is 5.32 Å². The highest BCUT2D eigenvalue weighted by Gasteiger charge is 2.19. The predicted octanol–water partition coefficient (Wildman–Crippen LogP) is 5.85. The highest BCUT2D eigenvalue weighted by atomic mass is 32.2. The average Bonchev–Trinajstić information content (AvgIpc) is 3.29. The van der Waals surface area contributed by atoms with Crippen LogP contribution in [0.25, 0.3) is 27.0 Å². The number of carbonyl (C=O) groups is 1. The molecule has 1 N–H and O–H groups in total. The third kappa shape index (κ3) is 4.46. The van der Waals surface area contributed by atoms with E-state index >= 15 is 0 Å². The third-order valence-corrected chi connectivity index (χ3v) is 6.88. The molecule has 2 aromatic heterocycles. The number of hydrogen-bond donors (Lipinski definition) is 1. The molecule has 5 nitrogen and oxygen atoms in total. The normalized spacial score (nSPS) is 10.9. The van der Waals surface area contributed by atoms with Crippen LogP contribution in [0.5, 0.6) is 0 Å².